The lowest BCUT2D eigenvalue weighted by Gasteiger charge is -2.46. The van der Waals surface area contributed by atoms with E-state index in [4.69, 9.17) is 9.47 Å². The highest BCUT2D eigenvalue weighted by atomic mass is 28.3. The largest absolute Gasteiger partial charge is 0.444 e. The predicted octanol–water partition coefficient (Wildman–Crippen LogP) is 5.17. The molecule has 2 aliphatic heterocycles. The highest BCUT2D eigenvalue weighted by molar-refractivity contribution is 6.76. The molecular weight excluding hydrogens is 458 g/mol. The van der Waals surface area contributed by atoms with Gasteiger partial charge in [-0.1, -0.05) is 69.0 Å². The maximum atomic E-state index is 13.5. The number of carbonyl (C=O) groups is 2. The SMILES string of the molecule is CC1C(=O)N(COCC[Si](C)(C)C)c2ncccc2C12C=CN(C(=O)OCc1ccccc1)CC2. The zero-order valence-electron chi connectivity index (χ0n) is 21.1. The molecule has 0 saturated carbocycles. The van der Waals surface area contributed by atoms with Gasteiger partial charge in [-0.25, -0.2) is 9.78 Å². The first-order chi connectivity index (χ1) is 16.7. The maximum Gasteiger partial charge on any atom is 0.414 e. The number of fused-ring (bicyclic) bond motifs is 2. The van der Waals surface area contributed by atoms with Crippen LogP contribution in [0.2, 0.25) is 25.7 Å². The molecule has 0 N–H and O–H groups in total. The standard InChI is InChI=1S/C27H35N3O4Si/c1-21-25(31)30(20-33-17-18-35(2,3)4)24-23(11-8-14-28-24)27(21)12-15-29(16-13-27)26(32)34-19-22-9-6-5-7-10-22/h5-12,14-15,21H,13,16-20H2,1-4H3. The molecule has 2 aliphatic rings. The molecule has 1 aromatic heterocycles. The number of benzene rings is 1. The molecule has 2 unspecified atom stereocenters. The van der Waals surface area contributed by atoms with Crippen molar-refractivity contribution in [2.24, 2.45) is 5.92 Å². The van der Waals surface area contributed by atoms with Gasteiger partial charge in [0.1, 0.15) is 19.2 Å². The molecule has 2 atom stereocenters. The van der Waals surface area contributed by atoms with E-state index in [1.807, 2.05) is 55.5 Å². The second-order valence-electron chi connectivity index (χ2n) is 10.6. The average molecular weight is 494 g/mol. The van der Waals surface area contributed by atoms with E-state index in [2.05, 4.69) is 24.6 Å². The average Bonchev–Trinajstić information content (AvgIpc) is 2.86. The van der Waals surface area contributed by atoms with Crippen molar-refractivity contribution in [1.82, 2.24) is 9.88 Å². The Morgan fingerprint density at radius 1 is 1.17 bits per heavy atom. The molecule has 2 amide bonds. The van der Waals surface area contributed by atoms with Gasteiger partial charge in [-0.15, -0.1) is 0 Å². The van der Waals surface area contributed by atoms with Crippen molar-refractivity contribution >= 4 is 25.9 Å². The van der Waals surface area contributed by atoms with Crippen LogP contribution in [0.25, 0.3) is 0 Å². The van der Waals surface area contributed by atoms with Crippen molar-refractivity contribution in [3.8, 4) is 0 Å². The summed E-state index contributed by atoms with van der Waals surface area (Å²) in [7, 11) is -1.22. The smallest absolute Gasteiger partial charge is 0.414 e. The Morgan fingerprint density at radius 2 is 1.94 bits per heavy atom. The first-order valence-electron chi connectivity index (χ1n) is 12.2. The fraction of sp³-hybridized carbons (Fsp3) is 0.444. The highest BCUT2D eigenvalue weighted by Crippen LogP contribution is 2.47. The van der Waals surface area contributed by atoms with Crippen LogP contribution in [0.3, 0.4) is 0 Å². The van der Waals surface area contributed by atoms with Crippen molar-refractivity contribution in [2.45, 2.75) is 51.1 Å². The Kier molecular flexibility index (Phi) is 7.42. The van der Waals surface area contributed by atoms with Crippen LogP contribution in [0.1, 0.15) is 24.5 Å². The number of carbonyl (C=O) groups excluding carboxylic acids is 2. The van der Waals surface area contributed by atoms with E-state index in [0.717, 1.165) is 17.2 Å². The van der Waals surface area contributed by atoms with Gasteiger partial charge in [-0.2, -0.15) is 0 Å². The first kappa shape index (κ1) is 25.1. The van der Waals surface area contributed by atoms with Gasteiger partial charge in [0.25, 0.3) is 0 Å². The molecule has 4 rings (SSSR count). The minimum Gasteiger partial charge on any atom is -0.444 e. The molecule has 0 aliphatic carbocycles. The second-order valence-corrected chi connectivity index (χ2v) is 16.2. The number of anilines is 1. The molecule has 7 nitrogen and oxygen atoms in total. The number of hydrogen-bond acceptors (Lipinski definition) is 5. The van der Waals surface area contributed by atoms with Crippen molar-refractivity contribution in [2.75, 3.05) is 24.8 Å². The van der Waals surface area contributed by atoms with E-state index in [1.165, 1.54) is 0 Å². The zero-order valence-corrected chi connectivity index (χ0v) is 22.1. The summed E-state index contributed by atoms with van der Waals surface area (Å²) in [6.07, 6.45) is 5.67. The normalized spacial score (nSPS) is 21.8. The predicted molar refractivity (Wildman–Crippen MR) is 139 cm³/mol. The molecule has 1 spiro atoms. The van der Waals surface area contributed by atoms with E-state index >= 15 is 0 Å². The van der Waals surface area contributed by atoms with E-state index in [1.54, 1.807) is 22.2 Å². The van der Waals surface area contributed by atoms with E-state index in [-0.39, 0.29) is 25.2 Å². The second kappa shape index (κ2) is 10.3. The van der Waals surface area contributed by atoms with Gasteiger partial charge in [-0.3, -0.25) is 14.6 Å². The molecule has 0 saturated heterocycles. The summed E-state index contributed by atoms with van der Waals surface area (Å²) in [6.45, 7) is 10.4. The molecule has 3 heterocycles. The van der Waals surface area contributed by atoms with Crippen LogP contribution in [0.15, 0.2) is 60.9 Å². The van der Waals surface area contributed by atoms with Crippen LogP contribution in [0, 0.1) is 5.92 Å². The zero-order chi connectivity index (χ0) is 25.1. The van der Waals surface area contributed by atoms with Gasteiger partial charge in [0.15, 0.2) is 0 Å². The van der Waals surface area contributed by atoms with Crippen molar-refractivity contribution in [3.05, 3.63) is 72.1 Å². The number of rotatable bonds is 7. The fourth-order valence-electron chi connectivity index (χ4n) is 4.65. The highest BCUT2D eigenvalue weighted by Gasteiger charge is 2.49. The van der Waals surface area contributed by atoms with Crippen LogP contribution in [-0.4, -0.2) is 49.8 Å². The van der Waals surface area contributed by atoms with Crippen LogP contribution in [0.4, 0.5) is 10.6 Å². The molecule has 0 radical (unpaired) electrons. The van der Waals surface area contributed by atoms with Crippen molar-refractivity contribution in [1.29, 1.82) is 0 Å². The lowest BCUT2D eigenvalue weighted by Crippen LogP contribution is -2.53. The summed E-state index contributed by atoms with van der Waals surface area (Å²) in [6, 6.07) is 14.6. The van der Waals surface area contributed by atoms with Gasteiger partial charge in [0, 0.05) is 50.5 Å². The lowest BCUT2D eigenvalue weighted by atomic mass is 9.65. The molecule has 1 aromatic carbocycles. The summed E-state index contributed by atoms with van der Waals surface area (Å²) < 4.78 is 11.4. The van der Waals surface area contributed by atoms with Crippen LogP contribution in [0.5, 0.6) is 0 Å². The van der Waals surface area contributed by atoms with Crippen LogP contribution >= 0.6 is 0 Å². The summed E-state index contributed by atoms with van der Waals surface area (Å²) in [5.41, 5.74) is 1.41. The number of allylic oxidation sites excluding steroid dienone is 1. The van der Waals surface area contributed by atoms with Crippen molar-refractivity contribution in [3.63, 3.8) is 0 Å². The third kappa shape index (κ3) is 5.49. The third-order valence-corrected chi connectivity index (χ3v) is 8.63. The summed E-state index contributed by atoms with van der Waals surface area (Å²) in [5.74, 6) is 0.334. The number of hydrogen-bond donors (Lipinski definition) is 0. The number of pyridine rings is 1. The molecular formula is C27H35N3O4Si. The quantitative estimate of drug-likeness (QED) is 0.393. The Hall–Kier alpha value is -2.97. The van der Waals surface area contributed by atoms with Crippen LogP contribution < -0.4 is 4.90 Å². The minimum absolute atomic E-state index is 0.00559. The lowest BCUT2D eigenvalue weighted by molar-refractivity contribution is -0.125. The Bertz CT molecular complexity index is 1090. The maximum absolute atomic E-state index is 13.5. The topological polar surface area (TPSA) is 72.0 Å². The molecule has 0 bridgehead atoms. The Morgan fingerprint density at radius 3 is 2.63 bits per heavy atom. The van der Waals surface area contributed by atoms with E-state index in [0.29, 0.717) is 25.4 Å². The van der Waals surface area contributed by atoms with Gasteiger partial charge >= 0.3 is 6.09 Å². The first-order valence-corrected chi connectivity index (χ1v) is 15.9. The number of amides is 2. The van der Waals surface area contributed by atoms with Gasteiger partial charge in [0.05, 0.1) is 0 Å². The molecule has 0 fully saturated rings. The van der Waals surface area contributed by atoms with Crippen molar-refractivity contribution < 1.29 is 19.1 Å². The summed E-state index contributed by atoms with van der Waals surface area (Å²) >= 11 is 0. The summed E-state index contributed by atoms with van der Waals surface area (Å²) in [4.78, 5) is 34.0. The van der Waals surface area contributed by atoms with Gasteiger partial charge < -0.3 is 9.47 Å². The number of aromatic nitrogens is 1. The van der Waals surface area contributed by atoms with E-state index in [9.17, 15) is 9.59 Å². The minimum atomic E-state index is -1.22. The summed E-state index contributed by atoms with van der Waals surface area (Å²) in [5, 5.41) is 0. The van der Waals surface area contributed by atoms with E-state index < -0.39 is 19.6 Å². The molecule has 2 aromatic rings. The Balaban J connectivity index is 1.49. The Labute approximate surface area is 208 Å². The van der Waals surface area contributed by atoms with Gasteiger partial charge in [-0.05, 0) is 24.1 Å². The molecule has 35 heavy (non-hydrogen) atoms. The number of nitrogens with zero attached hydrogens (tertiary/aromatic N) is 3. The van der Waals surface area contributed by atoms with Gasteiger partial charge in [0.2, 0.25) is 5.91 Å². The molecule has 8 heteroatoms. The van der Waals surface area contributed by atoms with Crippen LogP contribution in [-0.2, 0) is 26.3 Å². The number of ether oxygens (including phenoxy) is 2. The monoisotopic (exact) mass is 493 g/mol. The molecule has 186 valence electrons. The fourth-order valence-corrected chi connectivity index (χ4v) is 5.41. The third-order valence-electron chi connectivity index (χ3n) is 6.93.